The maximum absolute atomic E-state index is 16.6. The fourth-order valence-corrected chi connectivity index (χ4v) is 11.1. The molecule has 6 aromatic rings. The van der Waals surface area contributed by atoms with Crippen molar-refractivity contribution in [2.24, 2.45) is 5.92 Å². The van der Waals surface area contributed by atoms with Crippen LogP contribution >= 0.6 is 0 Å². The van der Waals surface area contributed by atoms with Gasteiger partial charge in [-0.15, -0.1) is 0 Å². The number of aliphatic hydroxyl groups is 1. The number of aliphatic hydroxyl groups excluding tert-OH is 1. The second-order valence-electron chi connectivity index (χ2n) is 18.7. The van der Waals surface area contributed by atoms with Crippen LogP contribution in [0.4, 0.5) is 16.4 Å². The van der Waals surface area contributed by atoms with Crippen molar-refractivity contribution in [1.82, 2.24) is 24.7 Å². The van der Waals surface area contributed by atoms with E-state index in [-0.39, 0.29) is 45.2 Å². The van der Waals surface area contributed by atoms with Gasteiger partial charge < -0.3 is 33.9 Å². The number of carbonyl (C=O) groups is 4. The van der Waals surface area contributed by atoms with Gasteiger partial charge in [-0.3, -0.25) is 24.2 Å². The Hall–Kier alpha value is -7.94. The summed E-state index contributed by atoms with van der Waals surface area (Å²) in [6.45, 7) is 1.98. The number of amides is 3. The standard InChI is InChI=1S/C58H57N7O9/c1-61(39-41-14-6-3-7-15-41)29-12-16-40-21-26-47-46(38-40)58(55(69)64(47)57(70)73-37-36-71-2)48(53(67)62-30-32-63(33-31-62)56-59-27-13-28-60-56)50-54(68)74-51(43-19-10-5-11-20-43)49(42-17-8-4-9-18-42)65(50)52(58)44-22-24-45(25-23-44)72-35-34-66/h3-11,13-15,17-28,38,48-52,66H,29-37,39H2,1-2H3/t48-,49-,50-,51+,52+,58-/m0/s1. The molecule has 4 aliphatic rings. The number of carbonyl (C=O) groups excluding carboxylic acids is 4. The molecule has 5 heterocycles. The lowest BCUT2D eigenvalue weighted by Crippen LogP contribution is -2.59. The SMILES string of the molecule is COCCOC(=O)N1C(=O)[C@@]2(c3cc(C#CCN(C)Cc4ccccc4)ccc31)[C@H](C(=O)N1CCN(c3ncccn3)CC1)[C@H]1C(=O)O[C@H](c3ccccc3)[C@H](c3ccccc3)N1[C@@H]2c1ccc(OCCO)cc1. The summed E-state index contributed by atoms with van der Waals surface area (Å²) in [6, 6.07) is 40.0. The molecule has 3 saturated heterocycles. The number of aromatic nitrogens is 2. The third-order valence-electron chi connectivity index (χ3n) is 14.3. The number of morpholine rings is 1. The minimum Gasteiger partial charge on any atom is -0.491 e. The lowest BCUT2D eigenvalue weighted by atomic mass is 9.65. The third-order valence-corrected chi connectivity index (χ3v) is 14.3. The Bertz CT molecular complexity index is 3010. The largest absolute Gasteiger partial charge is 0.491 e. The highest BCUT2D eigenvalue weighted by Gasteiger charge is 2.76. The molecule has 0 bridgehead atoms. The molecule has 4 aliphatic heterocycles. The van der Waals surface area contributed by atoms with Crippen LogP contribution in [0.2, 0.25) is 0 Å². The van der Waals surface area contributed by atoms with Crippen molar-refractivity contribution < 1.29 is 43.2 Å². The van der Waals surface area contributed by atoms with Gasteiger partial charge in [0, 0.05) is 57.8 Å². The first-order valence-corrected chi connectivity index (χ1v) is 24.8. The van der Waals surface area contributed by atoms with Crippen molar-refractivity contribution in [3.8, 4) is 17.6 Å². The summed E-state index contributed by atoms with van der Waals surface area (Å²) in [5.74, 6) is 4.24. The average molecular weight is 996 g/mol. The molecule has 10 rings (SSSR count). The number of hydrogen-bond donors (Lipinski definition) is 1. The highest BCUT2D eigenvalue weighted by Crippen LogP contribution is 2.66. The molecular formula is C58H57N7O9. The molecule has 0 unspecified atom stereocenters. The number of fused-ring (bicyclic) bond motifs is 3. The highest BCUT2D eigenvalue weighted by molar-refractivity contribution is 6.23. The summed E-state index contributed by atoms with van der Waals surface area (Å²) in [7, 11) is 3.47. The normalized spacial score (nSPS) is 22.2. The van der Waals surface area contributed by atoms with E-state index in [0.29, 0.717) is 60.1 Å². The van der Waals surface area contributed by atoms with Crippen molar-refractivity contribution in [2.45, 2.75) is 36.2 Å². The predicted molar refractivity (Wildman–Crippen MR) is 275 cm³/mol. The first-order chi connectivity index (χ1) is 36.2. The van der Waals surface area contributed by atoms with Gasteiger partial charge in [-0.2, -0.15) is 0 Å². The molecule has 3 fully saturated rings. The topological polar surface area (TPSA) is 167 Å². The monoisotopic (exact) mass is 995 g/mol. The molecule has 74 heavy (non-hydrogen) atoms. The van der Waals surface area contributed by atoms with Crippen molar-refractivity contribution in [3.05, 3.63) is 185 Å². The zero-order chi connectivity index (χ0) is 51.2. The van der Waals surface area contributed by atoms with E-state index in [2.05, 4.69) is 38.8 Å². The Morgan fingerprint density at radius 2 is 1.46 bits per heavy atom. The van der Waals surface area contributed by atoms with Gasteiger partial charge in [0.05, 0.1) is 43.4 Å². The quantitative estimate of drug-likeness (QED) is 0.0753. The molecular weight excluding hydrogens is 939 g/mol. The molecule has 378 valence electrons. The Balaban J connectivity index is 1.20. The molecule has 0 saturated carbocycles. The third kappa shape index (κ3) is 9.46. The van der Waals surface area contributed by atoms with Gasteiger partial charge in [-0.1, -0.05) is 115 Å². The van der Waals surface area contributed by atoms with E-state index in [1.165, 1.54) is 7.11 Å². The molecule has 3 amide bonds. The fraction of sp³-hybridized carbons (Fsp3) is 0.310. The van der Waals surface area contributed by atoms with E-state index in [0.717, 1.165) is 16.0 Å². The minimum absolute atomic E-state index is 0.0414. The smallest absolute Gasteiger partial charge is 0.421 e. The van der Waals surface area contributed by atoms with Crippen molar-refractivity contribution in [1.29, 1.82) is 0 Å². The maximum Gasteiger partial charge on any atom is 0.421 e. The molecule has 16 heteroatoms. The summed E-state index contributed by atoms with van der Waals surface area (Å²) < 4.78 is 23.6. The van der Waals surface area contributed by atoms with Gasteiger partial charge in [0.1, 0.15) is 36.5 Å². The predicted octanol–water partition coefficient (Wildman–Crippen LogP) is 6.13. The van der Waals surface area contributed by atoms with Crippen molar-refractivity contribution >= 4 is 35.5 Å². The average Bonchev–Trinajstić information content (AvgIpc) is 4.08. The first-order valence-electron chi connectivity index (χ1n) is 24.8. The number of cyclic esters (lactones) is 1. The number of rotatable bonds is 14. The summed E-state index contributed by atoms with van der Waals surface area (Å²) in [5, 5.41) is 9.67. The number of piperazine rings is 1. The second kappa shape index (κ2) is 22.0. The van der Waals surface area contributed by atoms with Gasteiger partial charge >= 0.3 is 12.1 Å². The Labute approximate surface area is 430 Å². The molecule has 6 atom stereocenters. The molecule has 0 radical (unpaired) electrons. The van der Waals surface area contributed by atoms with Gasteiger partial charge in [-0.05, 0) is 71.3 Å². The van der Waals surface area contributed by atoms with E-state index >= 15 is 14.4 Å². The summed E-state index contributed by atoms with van der Waals surface area (Å²) in [6.07, 6.45) is 1.46. The van der Waals surface area contributed by atoms with E-state index < -0.39 is 59.4 Å². The van der Waals surface area contributed by atoms with Crippen LogP contribution in [0.15, 0.2) is 152 Å². The molecule has 16 nitrogen and oxygen atoms in total. The summed E-state index contributed by atoms with van der Waals surface area (Å²) in [4.78, 5) is 81.0. The summed E-state index contributed by atoms with van der Waals surface area (Å²) >= 11 is 0. The zero-order valence-electron chi connectivity index (χ0n) is 41.2. The Kier molecular flexibility index (Phi) is 14.8. The van der Waals surface area contributed by atoms with E-state index in [1.807, 2.05) is 108 Å². The van der Waals surface area contributed by atoms with Crippen LogP contribution in [0.5, 0.6) is 5.75 Å². The van der Waals surface area contributed by atoms with Crippen molar-refractivity contribution in [2.75, 3.05) is 83.1 Å². The Morgan fingerprint density at radius 1 is 0.784 bits per heavy atom. The van der Waals surface area contributed by atoms with Crippen molar-refractivity contribution in [3.63, 3.8) is 0 Å². The van der Waals surface area contributed by atoms with Gasteiger partial charge in [0.15, 0.2) is 0 Å². The van der Waals surface area contributed by atoms with Crippen LogP contribution in [-0.2, 0) is 40.6 Å². The molecule has 0 aliphatic carbocycles. The second-order valence-corrected chi connectivity index (χ2v) is 18.7. The van der Waals surface area contributed by atoms with Crippen LogP contribution in [0.3, 0.4) is 0 Å². The fourth-order valence-electron chi connectivity index (χ4n) is 11.1. The number of anilines is 2. The van der Waals surface area contributed by atoms with Crippen LogP contribution < -0.4 is 14.5 Å². The number of esters is 1. The number of imide groups is 1. The van der Waals surface area contributed by atoms with Crippen LogP contribution in [0.25, 0.3) is 0 Å². The van der Waals surface area contributed by atoms with Crippen LogP contribution in [-0.4, -0.2) is 133 Å². The van der Waals surface area contributed by atoms with Gasteiger partial charge in [0.25, 0.3) is 0 Å². The lowest BCUT2D eigenvalue weighted by Gasteiger charge is -2.46. The molecule has 1 aromatic heterocycles. The minimum atomic E-state index is -2.01. The van der Waals surface area contributed by atoms with Gasteiger partial charge in [-0.25, -0.2) is 19.7 Å². The van der Waals surface area contributed by atoms with E-state index in [9.17, 15) is 9.90 Å². The van der Waals surface area contributed by atoms with Crippen LogP contribution in [0, 0.1) is 17.8 Å². The van der Waals surface area contributed by atoms with E-state index in [4.69, 9.17) is 18.9 Å². The Morgan fingerprint density at radius 3 is 2.14 bits per heavy atom. The molecule has 5 aromatic carbocycles. The number of nitrogens with zero attached hydrogens (tertiary/aromatic N) is 7. The number of ether oxygens (including phenoxy) is 4. The first kappa shape index (κ1) is 49.6. The summed E-state index contributed by atoms with van der Waals surface area (Å²) in [5.41, 5.74) is 2.23. The molecule has 1 N–H and O–H groups in total. The number of hydrogen-bond acceptors (Lipinski definition) is 14. The number of methoxy groups -OCH3 is 1. The number of benzene rings is 5. The lowest BCUT2D eigenvalue weighted by molar-refractivity contribution is -0.179. The molecule has 1 spiro atoms. The zero-order valence-corrected chi connectivity index (χ0v) is 41.2. The van der Waals surface area contributed by atoms with Gasteiger partial charge in [0.2, 0.25) is 17.8 Å². The van der Waals surface area contributed by atoms with E-state index in [1.54, 1.807) is 53.7 Å². The highest BCUT2D eigenvalue weighted by atomic mass is 16.6. The van der Waals surface area contributed by atoms with Crippen LogP contribution in [0.1, 0.15) is 51.6 Å². The maximum atomic E-state index is 16.6.